The van der Waals surface area contributed by atoms with Gasteiger partial charge in [-0.1, -0.05) is 0 Å². The van der Waals surface area contributed by atoms with Crippen molar-refractivity contribution in [2.24, 2.45) is 0 Å². The number of rotatable bonds is 4. The topological polar surface area (TPSA) is 114 Å². The zero-order chi connectivity index (χ0) is 19.2. The summed E-state index contributed by atoms with van der Waals surface area (Å²) < 4.78 is 0. The second-order valence-electron chi connectivity index (χ2n) is 5.68. The molecule has 3 rings (SSSR count). The quantitative estimate of drug-likeness (QED) is 0.741. The molecular weight excluding hydrogens is 340 g/mol. The van der Waals surface area contributed by atoms with Crippen LogP contribution in [0.4, 0.5) is 17.3 Å². The summed E-state index contributed by atoms with van der Waals surface area (Å²) in [7, 11) is 0. The average Bonchev–Trinajstić information content (AvgIpc) is 2.68. The fourth-order valence-corrected chi connectivity index (χ4v) is 2.32. The Balaban J connectivity index is 1.78. The lowest BCUT2D eigenvalue weighted by Crippen LogP contribution is -2.15. The molecular formula is C20H14N6O. The third-order valence-corrected chi connectivity index (χ3v) is 3.63. The number of hydrogen-bond donors (Lipinski definition) is 2. The van der Waals surface area contributed by atoms with Crippen LogP contribution in [0.3, 0.4) is 0 Å². The molecule has 7 nitrogen and oxygen atoms in total. The van der Waals surface area contributed by atoms with Gasteiger partial charge in [-0.25, -0.2) is 9.97 Å². The van der Waals surface area contributed by atoms with Gasteiger partial charge in [0.2, 0.25) is 5.95 Å². The third kappa shape index (κ3) is 4.44. The highest BCUT2D eigenvalue weighted by molar-refractivity contribution is 6.03. The summed E-state index contributed by atoms with van der Waals surface area (Å²) in [5.74, 6) is -0.0993. The van der Waals surface area contributed by atoms with Gasteiger partial charge < -0.3 is 10.6 Å². The maximum atomic E-state index is 12.5. The molecule has 7 heteroatoms. The molecule has 0 aliphatic heterocycles. The van der Waals surface area contributed by atoms with Crippen molar-refractivity contribution in [3.8, 4) is 12.1 Å². The van der Waals surface area contributed by atoms with Crippen LogP contribution in [-0.2, 0) is 0 Å². The van der Waals surface area contributed by atoms with Gasteiger partial charge in [-0.05, 0) is 61.5 Å². The van der Waals surface area contributed by atoms with Crippen LogP contribution < -0.4 is 10.6 Å². The maximum Gasteiger partial charge on any atom is 0.274 e. The van der Waals surface area contributed by atoms with Crippen LogP contribution in [0, 0.1) is 29.6 Å². The molecule has 0 atom stereocenters. The van der Waals surface area contributed by atoms with Crippen molar-refractivity contribution >= 4 is 23.2 Å². The van der Waals surface area contributed by atoms with Gasteiger partial charge in [0.15, 0.2) is 0 Å². The maximum absolute atomic E-state index is 12.5. The molecule has 0 radical (unpaired) electrons. The summed E-state index contributed by atoms with van der Waals surface area (Å²) in [5, 5.41) is 23.4. The predicted octanol–water partition coefficient (Wildman–Crippen LogP) is 3.52. The summed E-state index contributed by atoms with van der Waals surface area (Å²) in [4.78, 5) is 21.0. The molecule has 0 saturated heterocycles. The fourth-order valence-electron chi connectivity index (χ4n) is 2.32. The monoisotopic (exact) mass is 354 g/mol. The van der Waals surface area contributed by atoms with E-state index in [2.05, 4.69) is 26.7 Å². The first-order chi connectivity index (χ1) is 13.1. The molecule has 2 N–H and O–H groups in total. The summed E-state index contributed by atoms with van der Waals surface area (Å²) in [6.45, 7) is 1.77. The number of amides is 1. The summed E-state index contributed by atoms with van der Waals surface area (Å²) in [6, 6.07) is 19.0. The molecule has 0 unspecified atom stereocenters. The Bertz CT molecular complexity index is 1060. The third-order valence-electron chi connectivity index (χ3n) is 3.63. The van der Waals surface area contributed by atoms with Gasteiger partial charge in [0, 0.05) is 17.1 Å². The van der Waals surface area contributed by atoms with E-state index in [4.69, 9.17) is 10.5 Å². The number of nitrogens with zero attached hydrogens (tertiary/aromatic N) is 4. The van der Waals surface area contributed by atoms with E-state index in [1.165, 1.54) is 0 Å². The fraction of sp³-hybridized carbons (Fsp3) is 0.0500. The van der Waals surface area contributed by atoms with Gasteiger partial charge in [-0.15, -0.1) is 0 Å². The van der Waals surface area contributed by atoms with E-state index in [-0.39, 0.29) is 17.5 Å². The van der Waals surface area contributed by atoms with Crippen LogP contribution in [0.15, 0.2) is 54.6 Å². The number of aromatic nitrogens is 2. The molecule has 0 aliphatic carbocycles. The first kappa shape index (κ1) is 17.6. The average molecular weight is 354 g/mol. The van der Waals surface area contributed by atoms with Crippen molar-refractivity contribution in [2.75, 3.05) is 10.6 Å². The minimum Gasteiger partial charge on any atom is -0.324 e. The van der Waals surface area contributed by atoms with Crippen molar-refractivity contribution in [1.82, 2.24) is 9.97 Å². The molecule has 0 bridgehead atoms. The number of carbonyl (C=O) groups excluding carboxylic acids is 1. The lowest BCUT2D eigenvalue weighted by atomic mass is 10.2. The minimum absolute atomic E-state index is 0.211. The van der Waals surface area contributed by atoms with Gasteiger partial charge in [-0.2, -0.15) is 10.5 Å². The van der Waals surface area contributed by atoms with Crippen molar-refractivity contribution < 1.29 is 4.79 Å². The molecule has 0 saturated carbocycles. The Labute approximate surface area is 155 Å². The molecule has 0 aliphatic rings. The summed E-state index contributed by atoms with van der Waals surface area (Å²) in [6.07, 6.45) is 0. The van der Waals surface area contributed by atoms with E-state index in [0.717, 1.165) is 0 Å². The SMILES string of the molecule is Cc1cc(C(=O)Nc2ccc(C#N)cc2)nc(Nc2ccc(C#N)cc2)n1. The number of aryl methyl sites for hydroxylation is 1. The molecule has 3 aromatic rings. The number of benzene rings is 2. The van der Waals surface area contributed by atoms with Crippen LogP contribution in [0.5, 0.6) is 0 Å². The van der Waals surface area contributed by atoms with Crippen LogP contribution in [-0.4, -0.2) is 15.9 Å². The molecule has 0 fully saturated rings. The second kappa shape index (κ2) is 7.77. The molecule has 130 valence electrons. The Morgan fingerprint density at radius 2 is 1.44 bits per heavy atom. The molecule has 1 amide bonds. The molecule has 1 aromatic heterocycles. The Morgan fingerprint density at radius 1 is 0.889 bits per heavy atom. The van der Waals surface area contributed by atoms with Crippen molar-refractivity contribution in [3.63, 3.8) is 0 Å². The summed E-state index contributed by atoms with van der Waals surface area (Å²) in [5.41, 5.74) is 3.18. The van der Waals surface area contributed by atoms with Crippen molar-refractivity contribution in [2.45, 2.75) is 6.92 Å². The van der Waals surface area contributed by atoms with E-state index < -0.39 is 0 Å². The largest absolute Gasteiger partial charge is 0.324 e. The zero-order valence-electron chi connectivity index (χ0n) is 14.4. The van der Waals surface area contributed by atoms with Gasteiger partial charge >= 0.3 is 0 Å². The van der Waals surface area contributed by atoms with Crippen molar-refractivity contribution in [3.05, 3.63) is 77.1 Å². The van der Waals surface area contributed by atoms with E-state index in [1.807, 2.05) is 6.07 Å². The van der Waals surface area contributed by atoms with Gasteiger partial charge in [0.05, 0.1) is 23.3 Å². The van der Waals surface area contributed by atoms with E-state index in [0.29, 0.717) is 28.2 Å². The molecule has 2 aromatic carbocycles. The number of hydrogen-bond acceptors (Lipinski definition) is 6. The number of anilines is 3. The van der Waals surface area contributed by atoms with Gasteiger partial charge in [-0.3, -0.25) is 4.79 Å². The molecule has 0 spiro atoms. The number of nitriles is 2. The summed E-state index contributed by atoms with van der Waals surface area (Å²) >= 11 is 0. The smallest absolute Gasteiger partial charge is 0.274 e. The highest BCUT2D eigenvalue weighted by Gasteiger charge is 2.11. The van der Waals surface area contributed by atoms with Gasteiger partial charge in [0.1, 0.15) is 5.69 Å². The zero-order valence-corrected chi connectivity index (χ0v) is 14.4. The Kier molecular flexibility index (Phi) is 5.06. The van der Waals surface area contributed by atoms with E-state index in [9.17, 15) is 4.79 Å². The number of carbonyl (C=O) groups is 1. The highest BCUT2D eigenvalue weighted by Crippen LogP contribution is 2.16. The standard InChI is InChI=1S/C20H14N6O/c1-13-10-18(19(27)24-16-6-2-14(11-21)3-7-16)26-20(23-13)25-17-8-4-15(12-22)5-9-17/h2-10H,1H3,(H,24,27)(H,23,25,26). The Hall–Kier alpha value is -4.23. The second-order valence-corrected chi connectivity index (χ2v) is 5.68. The van der Waals surface area contributed by atoms with Gasteiger partial charge in [0.25, 0.3) is 5.91 Å². The van der Waals surface area contributed by atoms with Crippen LogP contribution in [0.2, 0.25) is 0 Å². The minimum atomic E-state index is -0.381. The van der Waals surface area contributed by atoms with Crippen LogP contribution in [0.25, 0.3) is 0 Å². The molecule has 27 heavy (non-hydrogen) atoms. The lowest BCUT2D eigenvalue weighted by Gasteiger charge is -2.09. The van der Waals surface area contributed by atoms with Crippen LogP contribution in [0.1, 0.15) is 27.3 Å². The van der Waals surface area contributed by atoms with Crippen molar-refractivity contribution in [1.29, 1.82) is 10.5 Å². The number of nitrogens with one attached hydrogen (secondary N) is 2. The highest BCUT2D eigenvalue weighted by atomic mass is 16.1. The van der Waals surface area contributed by atoms with E-state index in [1.54, 1.807) is 61.5 Å². The van der Waals surface area contributed by atoms with E-state index >= 15 is 0 Å². The predicted molar refractivity (Wildman–Crippen MR) is 100 cm³/mol. The first-order valence-electron chi connectivity index (χ1n) is 8.02. The van der Waals surface area contributed by atoms with Crippen LogP contribution >= 0.6 is 0 Å². The molecule has 1 heterocycles. The lowest BCUT2D eigenvalue weighted by molar-refractivity contribution is 0.102. The first-order valence-corrected chi connectivity index (χ1v) is 8.02. The Morgan fingerprint density at radius 3 is 2.00 bits per heavy atom. The normalized spacial score (nSPS) is 9.74.